The second kappa shape index (κ2) is 5.02. The van der Waals surface area contributed by atoms with Crippen molar-refractivity contribution in [3.63, 3.8) is 0 Å². The van der Waals surface area contributed by atoms with Crippen molar-refractivity contribution >= 4 is 24.0 Å². The van der Waals surface area contributed by atoms with Crippen LogP contribution < -0.4 is 24.2 Å². The zero-order valence-corrected chi connectivity index (χ0v) is 14.5. The minimum atomic E-state index is -0.155. The van der Waals surface area contributed by atoms with Gasteiger partial charge < -0.3 is 9.39 Å². The minimum Gasteiger partial charge on any atom is -0.514 e. The summed E-state index contributed by atoms with van der Waals surface area (Å²) in [6, 6.07) is 16.7. The lowest BCUT2D eigenvalue weighted by atomic mass is 9.65. The quantitative estimate of drug-likeness (QED) is 0.507. The zero-order valence-electron chi connectivity index (χ0n) is 14.5. The van der Waals surface area contributed by atoms with Gasteiger partial charge in [-0.25, -0.2) is 9.38 Å². The van der Waals surface area contributed by atoms with E-state index >= 15 is 0 Å². The lowest BCUT2D eigenvalue weighted by Gasteiger charge is -2.26. The van der Waals surface area contributed by atoms with Gasteiger partial charge in [-0.2, -0.15) is 0 Å². The Morgan fingerprint density at radius 2 is 1.84 bits per heavy atom. The summed E-state index contributed by atoms with van der Waals surface area (Å²) in [6.45, 7) is 2.09. The number of rotatable bonds is 1. The van der Waals surface area contributed by atoms with Gasteiger partial charge in [0.25, 0.3) is 5.82 Å². The van der Waals surface area contributed by atoms with Crippen LogP contribution in [0.25, 0.3) is 11.1 Å². The number of hydrogen-bond donors (Lipinski definition) is 0. The molecule has 25 heavy (non-hydrogen) atoms. The monoisotopic (exact) mass is 329 g/mol. The van der Waals surface area contributed by atoms with Gasteiger partial charge in [0.15, 0.2) is 5.69 Å². The molecule has 3 aromatic rings. The van der Waals surface area contributed by atoms with Crippen LogP contribution in [-0.2, 0) is 7.05 Å². The van der Waals surface area contributed by atoms with Gasteiger partial charge in [-0.3, -0.25) is 0 Å². The van der Waals surface area contributed by atoms with E-state index in [1.807, 2.05) is 12.1 Å². The number of methoxy groups -OCH3 is 1. The van der Waals surface area contributed by atoms with Crippen molar-refractivity contribution in [2.75, 3.05) is 11.9 Å². The van der Waals surface area contributed by atoms with E-state index in [4.69, 9.17) is 9.39 Å². The van der Waals surface area contributed by atoms with E-state index in [0.717, 1.165) is 28.6 Å². The minimum absolute atomic E-state index is 0.155. The van der Waals surface area contributed by atoms with Crippen LogP contribution in [0, 0.1) is 6.92 Å². The molecule has 5 heteroatoms. The molecule has 122 valence electrons. The van der Waals surface area contributed by atoms with Crippen LogP contribution in [0.5, 0.6) is 11.5 Å². The van der Waals surface area contributed by atoms with Gasteiger partial charge in [-0.05, 0) is 36.8 Å². The highest BCUT2D eigenvalue weighted by Gasteiger charge is 2.54. The number of pyridine rings is 1. The molecule has 0 aliphatic carbocycles. The molecule has 4 nitrogen and oxygen atoms in total. The number of fused-ring (bicyclic) bond motifs is 8. The van der Waals surface area contributed by atoms with Crippen LogP contribution in [0.2, 0.25) is 0 Å². The van der Waals surface area contributed by atoms with Crippen molar-refractivity contribution in [3.8, 4) is 22.6 Å². The summed E-state index contributed by atoms with van der Waals surface area (Å²) < 4.78 is 14.1. The summed E-state index contributed by atoms with van der Waals surface area (Å²) in [6.07, 6.45) is 2.08. The molecule has 2 aromatic carbocycles. The van der Waals surface area contributed by atoms with Crippen molar-refractivity contribution in [1.82, 2.24) is 0 Å². The third-order valence-corrected chi connectivity index (χ3v) is 5.17. The molecule has 0 amide bonds. The molecule has 2 aliphatic heterocycles. The average Bonchev–Trinajstić information content (AvgIpc) is 3.03. The molecule has 1 aromatic heterocycles. The number of anilines is 2. The summed E-state index contributed by atoms with van der Waals surface area (Å²) in [5.41, 5.74) is 5.82. The third kappa shape index (κ3) is 1.81. The molecule has 5 rings (SSSR count). The Hall–Kier alpha value is -2.95. The maximum Gasteiger partial charge on any atom is 0.648 e. The Balaban J connectivity index is 1.86. The Morgan fingerprint density at radius 3 is 2.68 bits per heavy atom. The number of hydrogen-bond acceptors (Lipinski definition) is 3. The van der Waals surface area contributed by atoms with E-state index < -0.39 is 0 Å². The van der Waals surface area contributed by atoms with E-state index in [-0.39, 0.29) is 7.05 Å². The fraction of sp³-hybridized carbons (Fsp3) is 0.150. The molecular weight excluding hydrogens is 311 g/mol. The molecule has 2 aliphatic rings. The Morgan fingerprint density at radius 1 is 1.04 bits per heavy atom. The molecule has 0 saturated heterocycles. The molecule has 0 atom stereocenters. The molecule has 0 saturated carbocycles. The summed E-state index contributed by atoms with van der Waals surface area (Å²) >= 11 is 0. The second-order valence-corrected chi connectivity index (χ2v) is 6.52. The Kier molecular flexibility index (Phi) is 2.89. The first-order chi connectivity index (χ1) is 12.2. The van der Waals surface area contributed by atoms with Crippen molar-refractivity contribution in [1.29, 1.82) is 0 Å². The summed E-state index contributed by atoms with van der Waals surface area (Å²) in [4.78, 5) is 2.30. The number of ether oxygens (including phenoxy) is 1. The first kappa shape index (κ1) is 14.4. The zero-order chi connectivity index (χ0) is 17.1. The third-order valence-electron chi connectivity index (χ3n) is 5.17. The van der Waals surface area contributed by atoms with Gasteiger partial charge in [-0.1, -0.05) is 24.3 Å². The topological polar surface area (TPSA) is 25.6 Å². The number of aromatic nitrogens is 1. The van der Waals surface area contributed by atoms with E-state index in [1.165, 1.54) is 16.6 Å². The number of nitrogens with zero attached hydrogens (tertiary/aromatic N) is 2. The van der Waals surface area contributed by atoms with E-state index in [0.29, 0.717) is 0 Å². The van der Waals surface area contributed by atoms with Crippen LogP contribution in [0.3, 0.4) is 0 Å². The van der Waals surface area contributed by atoms with Crippen LogP contribution in [0.4, 0.5) is 11.5 Å². The predicted molar refractivity (Wildman–Crippen MR) is 98.9 cm³/mol. The van der Waals surface area contributed by atoms with Gasteiger partial charge in [0, 0.05) is 11.0 Å². The van der Waals surface area contributed by atoms with E-state index in [1.54, 1.807) is 7.11 Å². The first-order valence-electron chi connectivity index (χ1n) is 8.42. The second-order valence-electron chi connectivity index (χ2n) is 6.52. The highest BCUT2D eigenvalue weighted by Crippen LogP contribution is 2.48. The van der Waals surface area contributed by atoms with Gasteiger partial charge in [0.05, 0.1) is 25.9 Å². The molecule has 0 spiro atoms. The van der Waals surface area contributed by atoms with Crippen LogP contribution >= 0.6 is 0 Å². The smallest absolute Gasteiger partial charge is 0.514 e. The summed E-state index contributed by atoms with van der Waals surface area (Å²) in [7, 11) is 3.64. The van der Waals surface area contributed by atoms with Crippen molar-refractivity contribution in [2.24, 2.45) is 7.05 Å². The van der Waals surface area contributed by atoms with Gasteiger partial charge >= 0.3 is 7.05 Å². The standard InChI is InChI=1S/C20H18BN2O2/c1-13-17(24-3)10-11-18-19(13)23-20-15(8-6-12-22(20)2)14-7-4-5-9-16(14)21(23)25-18/h4-12H,1-3H3/q+1. The van der Waals surface area contributed by atoms with Crippen molar-refractivity contribution in [3.05, 3.63) is 60.3 Å². The highest BCUT2D eigenvalue weighted by molar-refractivity contribution is 6.77. The summed E-state index contributed by atoms with van der Waals surface area (Å²) in [5.74, 6) is 2.91. The lowest BCUT2D eigenvalue weighted by molar-refractivity contribution is -0.657. The predicted octanol–water partition coefficient (Wildman–Crippen LogP) is 2.73. The number of benzene rings is 2. The SMILES string of the molecule is COc1ccc2c(c1C)N1B(O2)c2ccccc2-c2ccc[n+](C)c21. The first-order valence-corrected chi connectivity index (χ1v) is 8.42. The molecule has 0 N–H and O–H groups in total. The van der Waals surface area contributed by atoms with Gasteiger partial charge in [-0.15, -0.1) is 0 Å². The molecule has 0 fully saturated rings. The lowest BCUT2D eigenvalue weighted by Crippen LogP contribution is -2.54. The fourth-order valence-electron chi connectivity index (χ4n) is 4.05. The molecule has 0 unspecified atom stereocenters. The Bertz CT molecular complexity index is 1020. The van der Waals surface area contributed by atoms with Crippen molar-refractivity contribution < 1.29 is 14.0 Å². The van der Waals surface area contributed by atoms with Crippen LogP contribution in [0.1, 0.15) is 5.56 Å². The molecule has 3 heterocycles. The fourth-order valence-corrected chi connectivity index (χ4v) is 4.05. The average molecular weight is 329 g/mol. The normalized spacial score (nSPS) is 13.6. The van der Waals surface area contributed by atoms with E-state index in [9.17, 15) is 0 Å². The van der Waals surface area contributed by atoms with Crippen LogP contribution in [-0.4, -0.2) is 14.2 Å². The number of aryl methyl sites for hydroxylation is 1. The van der Waals surface area contributed by atoms with Crippen LogP contribution in [0.15, 0.2) is 54.7 Å². The van der Waals surface area contributed by atoms with Crippen molar-refractivity contribution in [2.45, 2.75) is 6.92 Å². The van der Waals surface area contributed by atoms with Gasteiger partial charge in [0.2, 0.25) is 0 Å². The molecule has 0 radical (unpaired) electrons. The van der Waals surface area contributed by atoms with E-state index in [2.05, 4.69) is 65.9 Å². The van der Waals surface area contributed by atoms with Gasteiger partial charge in [0.1, 0.15) is 11.5 Å². The Labute approximate surface area is 147 Å². The largest absolute Gasteiger partial charge is 0.648 e. The summed E-state index contributed by atoms with van der Waals surface area (Å²) in [5, 5.41) is 0. The maximum absolute atomic E-state index is 6.39. The molecular formula is C20H18BN2O2+. The molecule has 0 bridgehead atoms. The maximum atomic E-state index is 6.39. The highest BCUT2D eigenvalue weighted by atomic mass is 16.5.